The van der Waals surface area contributed by atoms with Crippen LogP contribution in [0.4, 0.5) is 0 Å². The third kappa shape index (κ3) is 4.05. The van der Waals surface area contributed by atoms with Crippen molar-refractivity contribution in [2.24, 2.45) is 0 Å². The topological polar surface area (TPSA) is 72.4 Å². The molecule has 6 nitrogen and oxygen atoms in total. The number of ether oxygens (including phenoxy) is 1. The standard InChI is InChI=1S/C16H19N3O3S/c20-23(21,10-4-9-22-15-5-2-1-3-6-15)19-8-7-16-14(12-19)11-17-13-18-16/h1-3,5-6,11,13H,4,7-10,12H2. The lowest BCUT2D eigenvalue weighted by molar-refractivity contribution is 0.315. The molecule has 0 atom stereocenters. The van der Waals surface area contributed by atoms with E-state index in [1.165, 1.54) is 10.6 Å². The first-order valence-electron chi connectivity index (χ1n) is 7.58. The van der Waals surface area contributed by atoms with Gasteiger partial charge >= 0.3 is 0 Å². The maximum Gasteiger partial charge on any atom is 0.214 e. The molecular weight excluding hydrogens is 314 g/mol. The Balaban J connectivity index is 1.52. The van der Waals surface area contributed by atoms with Gasteiger partial charge in [0.1, 0.15) is 12.1 Å². The second-order valence-electron chi connectivity index (χ2n) is 5.41. The average molecular weight is 333 g/mol. The number of hydrogen-bond acceptors (Lipinski definition) is 5. The minimum absolute atomic E-state index is 0.0862. The quantitative estimate of drug-likeness (QED) is 0.751. The minimum atomic E-state index is -3.28. The number of sulfonamides is 1. The fourth-order valence-electron chi connectivity index (χ4n) is 2.56. The summed E-state index contributed by atoms with van der Waals surface area (Å²) in [7, 11) is -3.28. The molecule has 0 radical (unpaired) electrons. The van der Waals surface area contributed by atoms with Crippen LogP contribution in [0.15, 0.2) is 42.9 Å². The number of fused-ring (bicyclic) bond motifs is 1. The monoisotopic (exact) mass is 333 g/mol. The molecule has 3 rings (SSSR count). The summed E-state index contributed by atoms with van der Waals surface area (Å²) in [5, 5.41) is 0. The Morgan fingerprint density at radius 1 is 1.22 bits per heavy atom. The van der Waals surface area contributed by atoms with Crippen molar-refractivity contribution in [2.75, 3.05) is 18.9 Å². The van der Waals surface area contributed by atoms with E-state index in [0.29, 0.717) is 32.5 Å². The van der Waals surface area contributed by atoms with Gasteiger partial charge in [0, 0.05) is 37.0 Å². The molecule has 0 unspecified atom stereocenters. The number of nitrogens with zero attached hydrogens (tertiary/aromatic N) is 3. The highest BCUT2D eigenvalue weighted by Gasteiger charge is 2.26. The molecule has 122 valence electrons. The van der Waals surface area contributed by atoms with Gasteiger partial charge in [-0.25, -0.2) is 18.4 Å². The van der Waals surface area contributed by atoms with Crippen LogP contribution in [-0.4, -0.2) is 41.6 Å². The lowest BCUT2D eigenvalue weighted by Gasteiger charge is -2.27. The van der Waals surface area contributed by atoms with E-state index in [1.807, 2.05) is 30.3 Å². The molecule has 1 aromatic heterocycles. The van der Waals surface area contributed by atoms with Crippen molar-refractivity contribution in [2.45, 2.75) is 19.4 Å². The maximum atomic E-state index is 12.4. The largest absolute Gasteiger partial charge is 0.494 e. The summed E-state index contributed by atoms with van der Waals surface area (Å²) in [5.74, 6) is 0.844. The molecule has 0 saturated carbocycles. The molecule has 7 heteroatoms. The highest BCUT2D eigenvalue weighted by Crippen LogP contribution is 2.19. The van der Waals surface area contributed by atoms with E-state index < -0.39 is 10.0 Å². The molecule has 1 aliphatic rings. The zero-order valence-electron chi connectivity index (χ0n) is 12.8. The van der Waals surface area contributed by atoms with E-state index >= 15 is 0 Å². The summed E-state index contributed by atoms with van der Waals surface area (Å²) in [4.78, 5) is 8.16. The van der Waals surface area contributed by atoms with E-state index in [9.17, 15) is 8.42 Å². The smallest absolute Gasteiger partial charge is 0.214 e. The van der Waals surface area contributed by atoms with Crippen molar-refractivity contribution < 1.29 is 13.2 Å². The van der Waals surface area contributed by atoms with E-state index in [-0.39, 0.29) is 5.75 Å². The number of para-hydroxylation sites is 1. The molecule has 0 N–H and O–H groups in total. The van der Waals surface area contributed by atoms with Crippen LogP contribution in [0, 0.1) is 0 Å². The van der Waals surface area contributed by atoms with Crippen LogP contribution in [0.3, 0.4) is 0 Å². The molecule has 2 heterocycles. The molecular formula is C16H19N3O3S. The Labute approximate surface area is 136 Å². The van der Waals surface area contributed by atoms with Crippen molar-refractivity contribution in [1.82, 2.24) is 14.3 Å². The molecule has 0 aliphatic carbocycles. The average Bonchev–Trinajstić information content (AvgIpc) is 2.59. The van der Waals surface area contributed by atoms with Gasteiger partial charge in [0.25, 0.3) is 0 Å². The SMILES string of the molecule is O=S(=O)(CCCOc1ccccc1)N1CCc2ncncc2C1. The van der Waals surface area contributed by atoms with Crippen LogP contribution >= 0.6 is 0 Å². The normalized spacial score (nSPS) is 15.1. The second-order valence-corrected chi connectivity index (χ2v) is 7.50. The highest BCUT2D eigenvalue weighted by molar-refractivity contribution is 7.89. The first-order chi connectivity index (χ1) is 11.1. The van der Waals surface area contributed by atoms with Crippen LogP contribution in [0.5, 0.6) is 5.75 Å². The summed E-state index contributed by atoms with van der Waals surface area (Å²) in [6, 6.07) is 9.40. The van der Waals surface area contributed by atoms with E-state index in [4.69, 9.17) is 4.74 Å². The van der Waals surface area contributed by atoms with Crippen molar-refractivity contribution in [3.8, 4) is 5.75 Å². The van der Waals surface area contributed by atoms with Gasteiger partial charge in [-0.2, -0.15) is 4.31 Å². The highest BCUT2D eigenvalue weighted by atomic mass is 32.2. The third-order valence-electron chi connectivity index (χ3n) is 3.78. The molecule has 1 aliphatic heterocycles. The number of rotatable bonds is 6. The molecule has 0 amide bonds. The Hall–Kier alpha value is -1.99. The van der Waals surface area contributed by atoms with Crippen LogP contribution in [0.2, 0.25) is 0 Å². The molecule has 2 aromatic rings. The Morgan fingerprint density at radius 2 is 2.04 bits per heavy atom. The van der Waals surface area contributed by atoms with Gasteiger partial charge in [-0.05, 0) is 18.6 Å². The second kappa shape index (κ2) is 7.06. The Kier molecular flexibility index (Phi) is 4.88. The van der Waals surface area contributed by atoms with Gasteiger partial charge in [0.2, 0.25) is 10.0 Å². The van der Waals surface area contributed by atoms with Gasteiger partial charge in [-0.1, -0.05) is 18.2 Å². The summed E-state index contributed by atoms with van der Waals surface area (Å²) >= 11 is 0. The molecule has 0 saturated heterocycles. The number of aromatic nitrogens is 2. The van der Waals surface area contributed by atoms with Gasteiger partial charge < -0.3 is 4.74 Å². The summed E-state index contributed by atoms with van der Waals surface area (Å²) < 4.78 is 31.9. The van der Waals surface area contributed by atoms with Gasteiger partial charge in [0.15, 0.2) is 0 Å². The van der Waals surface area contributed by atoms with Gasteiger partial charge in [-0.3, -0.25) is 0 Å². The maximum absolute atomic E-state index is 12.4. The molecule has 0 bridgehead atoms. The van der Waals surface area contributed by atoms with Crippen LogP contribution in [-0.2, 0) is 23.0 Å². The van der Waals surface area contributed by atoms with Crippen molar-refractivity contribution in [3.05, 3.63) is 54.1 Å². The Bertz CT molecular complexity index is 750. The fraction of sp³-hybridized carbons (Fsp3) is 0.375. The minimum Gasteiger partial charge on any atom is -0.494 e. The zero-order valence-corrected chi connectivity index (χ0v) is 13.6. The lowest BCUT2D eigenvalue weighted by Crippen LogP contribution is -2.38. The third-order valence-corrected chi connectivity index (χ3v) is 5.68. The first kappa shape index (κ1) is 15.9. The Morgan fingerprint density at radius 3 is 2.87 bits per heavy atom. The fourth-order valence-corrected chi connectivity index (χ4v) is 4.00. The van der Waals surface area contributed by atoms with Crippen LogP contribution in [0.25, 0.3) is 0 Å². The lowest BCUT2D eigenvalue weighted by atomic mass is 10.1. The van der Waals surface area contributed by atoms with Crippen molar-refractivity contribution >= 4 is 10.0 Å². The van der Waals surface area contributed by atoms with Crippen LogP contribution < -0.4 is 4.74 Å². The molecule has 23 heavy (non-hydrogen) atoms. The molecule has 0 fully saturated rings. The van der Waals surface area contributed by atoms with Gasteiger partial charge in [-0.15, -0.1) is 0 Å². The summed E-state index contributed by atoms with van der Waals surface area (Å²) in [6.07, 6.45) is 4.30. The van der Waals surface area contributed by atoms with Crippen LogP contribution in [0.1, 0.15) is 17.7 Å². The molecule has 0 spiro atoms. The molecule has 1 aromatic carbocycles. The van der Waals surface area contributed by atoms with E-state index in [0.717, 1.165) is 17.0 Å². The zero-order chi connectivity index (χ0) is 16.1. The predicted molar refractivity (Wildman–Crippen MR) is 86.5 cm³/mol. The number of hydrogen-bond donors (Lipinski definition) is 0. The predicted octanol–water partition coefficient (Wildman–Crippen LogP) is 1.63. The van der Waals surface area contributed by atoms with Gasteiger partial charge in [0.05, 0.1) is 12.4 Å². The van der Waals surface area contributed by atoms with Crippen molar-refractivity contribution in [1.29, 1.82) is 0 Å². The van der Waals surface area contributed by atoms with E-state index in [1.54, 1.807) is 6.20 Å². The van der Waals surface area contributed by atoms with E-state index in [2.05, 4.69) is 9.97 Å². The first-order valence-corrected chi connectivity index (χ1v) is 9.19. The summed E-state index contributed by atoms with van der Waals surface area (Å²) in [5.41, 5.74) is 1.83. The van der Waals surface area contributed by atoms with Crippen molar-refractivity contribution in [3.63, 3.8) is 0 Å². The summed E-state index contributed by atoms with van der Waals surface area (Å²) in [6.45, 7) is 1.22. The number of benzene rings is 1.